The van der Waals surface area contributed by atoms with Crippen LogP contribution in [0.4, 0.5) is 0 Å². The number of hydrogen-bond acceptors (Lipinski definition) is 0. The van der Waals surface area contributed by atoms with Crippen molar-refractivity contribution in [3.63, 3.8) is 0 Å². The third-order valence-corrected chi connectivity index (χ3v) is 6.41. The highest BCUT2D eigenvalue weighted by atomic mass is 14.4. The van der Waals surface area contributed by atoms with E-state index in [1.54, 1.807) is 0 Å². The highest BCUT2D eigenvalue weighted by Gasteiger charge is 2.37. The van der Waals surface area contributed by atoms with Gasteiger partial charge in [-0.3, -0.25) is 0 Å². The first-order valence-corrected chi connectivity index (χ1v) is 11.6. The van der Waals surface area contributed by atoms with Crippen LogP contribution in [0.25, 0.3) is 43.4 Å². The Morgan fingerprint density at radius 1 is 0.516 bits per heavy atom. The third kappa shape index (κ3) is 3.05. The van der Waals surface area contributed by atoms with Gasteiger partial charge in [0.1, 0.15) is 0 Å². The first-order valence-electron chi connectivity index (χ1n) is 11.6. The van der Waals surface area contributed by atoms with E-state index in [1.807, 2.05) is 27.7 Å². The maximum atomic E-state index is 2.38. The van der Waals surface area contributed by atoms with Gasteiger partial charge in [0.2, 0.25) is 0 Å². The standard InChI is InChI=1S/C27H20.2C2H6/c1-27(2)23-16-14-19-12-11-17-7-3-5-9-20(17)24(19)25(23)22-15-13-18-8-4-6-10-21(18)26(22)27;2*1-2/h3-16H,1-2H3;2*1-2H3. The van der Waals surface area contributed by atoms with E-state index in [0.717, 1.165) is 0 Å². The minimum absolute atomic E-state index is 0.00331. The van der Waals surface area contributed by atoms with Crippen molar-refractivity contribution in [1.82, 2.24) is 0 Å². The van der Waals surface area contributed by atoms with Crippen LogP contribution in [0.3, 0.4) is 0 Å². The second kappa shape index (κ2) is 8.19. The fourth-order valence-electron chi connectivity index (χ4n) is 5.19. The molecule has 0 aromatic heterocycles. The first-order chi connectivity index (χ1) is 15.2. The minimum Gasteiger partial charge on any atom is -0.0683 e. The minimum atomic E-state index is -0.00331. The summed E-state index contributed by atoms with van der Waals surface area (Å²) in [6.45, 7) is 12.8. The van der Waals surface area contributed by atoms with Crippen LogP contribution in [0.2, 0.25) is 0 Å². The summed E-state index contributed by atoms with van der Waals surface area (Å²) < 4.78 is 0. The molecule has 0 atom stereocenters. The Morgan fingerprint density at radius 2 is 1.03 bits per heavy atom. The van der Waals surface area contributed by atoms with Crippen LogP contribution in [0.1, 0.15) is 52.7 Å². The topological polar surface area (TPSA) is 0 Å². The molecule has 0 aliphatic heterocycles. The molecule has 0 saturated carbocycles. The van der Waals surface area contributed by atoms with Gasteiger partial charge >= 0.3 is 0 Å². The van der Waals surface area contributed by atoms with Crippen LogP contribution in [0.5, 0.6) is 0 Å². The van der Waals surface area contributed by atoms with Gasteiger partial charge in [0.25, 0.3) is 0 Å². The van der Waals surface area contributed by atoms with Gasteiger partial charge < -0.3 is 0 Å². The average molecular weight is 405 g/mol. The Bertz CT molecular complexity index is 1390. The lowest BCUT2D eigenvalue weighted by Crippen LogP contribution is -2.15. The maximum Gasteiger partial charge on any atom is 0.0165 e. The molecule has 0 nitrogen and oxygen atoms in total. The van der Waals surface area contributed by atoms with Crippen molar-refractivity contribution in [1.29, 1.82) is 0 Å². The molecule has 0 fully saturated rings. The number of fused-ring (bicyclic) bond motifs is 9. The van der Waals surface area contributed by atoms with Crippen LogP contribution in [-0.2, 0) is 5.41 Å². The number of benzene rings is 5. The lowest BCUT2D eigenvalue weighted by atomic mass is 9.80. The van der Waals surface area contributed by atoms with Gasteiger partial charge in [0.15, 0.2) is 0 Å². The van der Waals surface area contributed by atoms with Crippen molar-refractivity contribution in [2.75, 3.05) is 0 Å². The van der Waals surface area contributed by atoms with Gasteiger partial charge in [-0.25, -0.2) is 0 Å². The highest BCUT2D eigenvalue weighted by Crippen LogP contribution is 2.54. The molecule has 6 rings (SSSR count). The number of hydrogen-bond donors (Lipinski definition) is 0. The Hall–Kier alpha value is -3.12. The summed E-state index contributed by atoms with van der Waals surface area (Å²) >= 11 is 0. The summed E-state index contributed by atoms with van der Waals surface area (Å²) in [6, 6.07) is 31.3. The molecule has 1 aliphatic carbocycles. The SMILES string of the molecule is CC.CC.CC1(C)c2ccc3ccc4ccccc4c3c2-c2ccc3ccccc3c21. The normalized spacial score (nSPS) is 13.1. The molecule has 0 radical (unpaired) electrons. The van der Waals surface area contributed by atoms with Crippen LogP contribution < -0.4 is 0 Å². The summed E-state index contributed by atoms with van der Waals surface area (Å²) in [7, 11) is 0. The van der Waals surface area contributed by atoms with Gasteiger partial charge in [-0.2, -0.15) is 0 Å². The molecule has 0 heterocycles. The Morgan fingerprint density at radius 3 is 1.74 bits per heavy atom. The van der Waals surface area contributed by atoms with E-state index in [-0.39, 0.29) is 5.41 Å². The van der Waals surface area contributed by atoms with Crippen molar-refractivity contribution in [3.05, 3.63) is 96.1 Å². The summed E-state index contributed by atoms with van der Waals surface area (Å²) in [5, 5.41) is 8.09. The molecule has 0 heteroatoms. The number of rotatable bonds is 0. The molecular formula is C31H32. The molecule has 5 aromatic rings. The van der Waals surface area contributed by atoms with E-state index in [1.165, 1.54) is 54.6 Å². The van der Waals surface area contributed by atoms with Crippen molar-refractivity contribution >= 4 is 32.3 Å². The monoisotopic (exact) mass is 404 g/mol. The largest absolute Gasteiger partial charge is 0.0683 e. The smallest absolute Gasteiger partial charge is 0.0165 e. The van der Waals surface area contributed by atoms with Crippen LogP contribution in [0.15, 0.2) is 84.9 Å². The zero-order valence-corrected chi connectivity index (χ0v) is 19.6. The molecule has 156 valence electrons. The molecule has 0 unspecified atom stereocenters. The summed E-state index contributed by atoms with van der Waals surface area (Å²) in [5.74, 6) is 0. The molecule has 0 N–H and O–H groups in total. The molecular weight excluding hydrogens is 372 g/mol. The van der Waals surface area contributed by atoms with E-state index in [4.69, 9.17) is 0 Å². The van der Waals surface area contributed by atoms with E-state index in [0.29, 0.717) is 0 Å². The van der Waals surface area contributed by atoms with Gasteiger partial charge in [0, 0.05) is 5.41 Å². The van der Waals surface area contributed by atoms with Crippen molar-refractivity contribution in [3.8, 4) is 11.1 Å². The highest BCUT2D eigenvalue weighted by molar-refractivity contribution is 6.17. The summed E-state index contributed by atoms with van der Waals surface area (Å²) in [5.41, 5.74) is 5.73. The quantitative estimate of drug-likeness (QED) is 0.225. The van der Waals surface area contributed by atoms with Crippen molar-refractivity contribution in [2.24, 2.45) is 0 Å². The van der Waals surface area contributed by atoms with Crippen LogP contribution in [0, 0.1) is 0 Å². The molecule has 1 aliphatic rings. The van der Waals surface area contributed by atoms with E-state index in [2.05, 4.69) is 98.8 Å². The lowest BCUT2D eigenvalue weighted by Gasteiger charge is -2.23. The second-order valence-corrected chi connectivity index (χ2v) is 8.21. The molecule has 5 aromatic carbocycles. The predicted octanol–water partition coefficient (Wildman–Crippen LogP) is 9.50. The third-order valence-electron chi connectivity index (χ3n) is 6.41. The Balaban J connectivity index is 0.000000549. The van der Waals surface area contributed by atoms with Gasteiger partial charge in [0.05, 0.1) is 0 Å². The zero-order valence-electron chi connectivity index (χ0n) is 19.6. The van der Waals surface area contributed by atoms with Gasteiger partial charge in [-0.15, -0.1) is 0 Å². The fourth-order valence-corrected chi connectivity index (χ4v) is 5.19. The maximum absolute atomic E-state index is 2.38. The lowest BCUT2D eigenvalue weighted by molar-refractivity contribution is 0.667. The zero-order chi connectivity index (χ0) is 22.2. The van der Waals surface area contributed by atoms with Crippen molar-refractivity contribution < 1.29 is 0 Å². The fraction of sp³-hybridized carbons (Fsp3) is 0.226. The molecule has 0 saturated heterocycles. The van der Waals surface area contributed by atoms with Gasteiger partial charge in [-0.1, -0.05) is 126 Å². The Kier molecular flexibility index (Phi) is 5.58. The average Bonchev–Trinajstić information content (AvgIpc) is 3.08. The second-order valence-electron chi connectivity index (χ2n) is 8.21. The predicted molar refractivity (Wildman–Crippen MR) is 139 cm³/mol. The molecule has 0 bridgehead atoms. The van der Waals surface area contributed by atoms with E-state index >= 15 is 0 Å². The Labute approximate surface area is 186 Å². The molecule has 0 amide bonds. The van der Waals surface area contributed by atoms with E-state index in [9.17, 15) is 0 Å². The van der Waals surface area contributed by atoms with Crippen LogP contribution in [-0.4, -0.2) is 0 Å². The molecule has 31 heavy (non-hydrogen) atoms. The first kappa shape index (κ1) is 21.1. The van der Waals surface area contributed by atoms with Gasteiger partial charge in [-0.05, 0) is 54.6 Å². The summed E-state index contributed by atoms with van der Waals surface area (Å²) in [4.78, 5) is 0. The van der Waals surface area contributed by atoms with Crippen LogP contribution >= 0.6 is 0 Å². The van der Waals surface area contributed by atoms with Crippen molar-refractivity contribution in [2.45, 2.75) is 47.0 Å². The van der Waals surface area contributed by atoms with E-state index < -0.39 is 0 Å². The molecule has 0 spiro atoms. The summed E-state index contributed by atoms with van der Waals surface area (Å²) in [6.07, 6.45) is 0.